The fraction of sp³-hybridized carbons (Fsp3) is 1.00. The lowest BCUT2D eigenvalue weighted by atomic mass is 9.93. The lowest BCUT2D eigenvalue weighted by Gasteiger charge is -2.35. The molecule has 0 saturated heterocycles. The SMILES string of the molecule is CC(C)OCC(COC(C)C)(COC(C)C)CSC(C)C. The van der Waals surface area contributed by atoms with Crippen molar-refractivity contribution in [3.63, 3.8) is 0 Å². The summed E-state index contributed by atoms with van der Waals surface area (Å²) in [5, 5.41) is 0.599. The van der Waals surface area contributed by atoms with Gasteiger partial charge in [0.1, 0.15) is 0 Å². The van der Waals surface area contributed by atoms with Crippen molar-refractivity contribution in [1.82, 2.24) is 0 Å². The third-order valence-corrected chi connectivity index (χ3v) is 4.34. The Labute approximate surface area is 136 Å². The van der Waals surface area contributed by atoms with E-state index in [0.717, 1.165) is 5.75 Å². The van der Waals surface area contributed by atoms with E-state index < -0.39 is 0 Å². The molecule has 3 nitrogen and oxygen atoms in total. The van der Waals surface area contributed by atoms with Gasteiger partial charge in [0.2, 0.25) is 0 Å². The van der Waals surface area contributed by atoms with Crippen molar-refractivity contribution in [2.45, 2.75) is 79.0 Å². The van der Waals surface area contributed by atoms with Crippen molar-refractivity contribution >= 4 is 11.8 Å². The molecule has 0 amide bonds. The van der Waals surface area contributed by atoms with Gasteiger partial charge < -0.3 is 14.2 Å². The van der Waals surface area contributed by atoms with Crippen molar-refractivity contribution in [2.75, 3.05) is 25.6 Å². The second-order valence-electron chi connectivity index (χ2n) is 6.94. The Morgan fingerprint density at radius 3 is 1.24 bits per heavy atom. The molecule has 0 unspecified atom stereocenters. The molecule has 0 bridgehead atoms. The van der Waals surface area contributed by atoms with E-state index in [1.165, 1.54) is 0 Å². The van der Waals surface area contributed by atoms with Crippen LogP contribution in [0.5, 0.6) is 0 Å². The number of ether oxygens (including phenoxy) is 3. The predicted molar refractivity (Wildman–Crippen MR) is 93.3 cm³/mol. The fourth-order valence-electron chi connectivity index (χ4n) is 1.62. The normalized spacial score (nSPS) is 13.1. The summed E-state index contributed by atoms with van der Waals surface area (Å²) in [6.45, 7) is 19.0. The first-order valence-corrected chi connectivity index (χ1v) is 9.18. The van der Waals surface area contributed by atoms with Gasteiger partial charge >= 0.3 is 0 Å². The van der Waals surface area contributed by atoms with Crippen LogP contribution >= 0.6 is 11.8 Å². The van der Waals surface area contributed by atoms with E-state index >= 15 is 0 Å². The van der Waals surface area contributed by atoms with E-state index in [0.29, 0.717) is 25.1 Å². The highest BCUT2D eigenvalue weighted by Crippen LogP contribution is 2.29. The first kappa shape index (κ1) is 21.2. The highest BCUT2D eigenvalue weighted by atomic mass is 32.2. The maximum Gasteiger partial charge on any atom is 0.0578 e. The molecule has 0 aliphatic rings. The van der Waals surface area contributed by atoms with Crippen molar-refractivity contribution in [3.05, 3.63) is 0 Å². The Kier molecular flexibility index (Phi) is 11.0. The van der Waals surface area contributed by atoms with Gasteiger partial charge in [-0.25, -0.2) is 0 Å². The van der Waals surface area contributed by atoms with E-state index in [-0.39, 0.29) is 23.7 Å². The van der Waals surface area contributed by atoms with Crippen molar-refractivity contribution in [1.29, 1.82) is 0 Å². The van der Waals surface area contributed by atoms with Gasteiger partial charge in [-0.05, 0) is 46.8 Å². The van der Waals surface area contributed by atoms with Crippen LogP contribution in [0, 0.1) is 5.41 Å². The van der Waals surface area contributed by atoms with Crippen molar-refractivity contribution in [3.8, 4) is 0 Å². The second-order valence-corrected chi connectivity index (χ2v) is 8.50. The Morgan fingerprint density at radius 1 is 0.667 bits per heavy atom. The third kappa shape index (κ3) is 11.5. The van der Waals surface area contributed by atoms with Gasteiger partial charge in [0.15, 0.2) is 0 Å². The largest absolute Gasteiger partial charge is 0.378 e. The van der Waals surface area contributed by atoms with Crippen LogP contribution in [0.3, 0.4) is 0 Å². The Bertz CT molecular complexity index is 199. The highest BCUT2D eigenvalue weighted by Gasteiger charge is 2.33. The molecule has 21 heavy (non-hydrogen) atoms. The predicted octanol–water partition coefficient (Wildman–Crippen LogP) is 4.39. The van der Waals surface area contributed by atoms with Gasteiger partial charge in [0.25, 0.3) is 0 Å². The van der Waals surface area contributed by atoms with Crippen LogP contribution < -0.4 is 0 Å². The number of hydrogen-bond donors (Lipinski definition) is 0. The lowest BCUT2D eigenvalue weighted by Crippen LogP contribution is -2.42. The smallest absolute Gasteiger partial charge is 0.0578 e. The molecule has 128 valence electrons. The number of thioether (sulfide) groups is 1. The first-order chi connectivity index (χ1) is 9.67. The summed E-state index contributed by atoms with van der Waals surface area (Å²) in [6, 6.07) is 0. The number of hydrogen-bond acceptors (Lipinski definition) is 4. The van der Waals surface area contributed by atoms with Crippen LogP contribution in [0.15, 0.2) is 0 Å². The topological polar surface area (TPSA) is 27.7 Å². The zero-order valence-electron chi connectivity index (χ0n) is 15.3. The second kappa shape index (κ2) is 10.9. The lowest BCUT2D eigenvalue weighted by molar-refractivity contribution is -0.0900. The molecule has 0 atom stereocenters. The van der Waals surface area contributed by atoms with Gasteiger partial charge in [-0.3, -0.25) is 0 Å². The monoisotopic (exact) mass is 320 g/mol. The van der Waals surface area contributed by atoms with Crippen LogP contribution in [-0.4, -0.2) is 49.1 Å². The summed E-state index contributed by atoms with van der Waals surface area (Å²) in [5.74, 6) is 0.997. The summed E-state index contributed by atoms with van der Waals surface area (Å²) in [6.07, 6.45) is 0.685. The standard InChI is InChI=1S/C17H36O3S/c1-13(2)18-9-17(10-19-14(3)4,11-20-15(5)6)12-21-16(7)8/h13-16H,9-12H2,1-8H3. The quantitative estimate of drug-likeness (QED) is 0.533. The minimum atomic E-state index is -0.0756. The molecule has 0 aromatic carbocycles. The van der Waals surface area contributed by atoms with Gasteiger partial charge in [-0.2, -0.15) is 11.8 Å². The molecule has 0 radical (unpaired) electrons. The van der Waals surface area contributed by atoms with Crippen LogP contribution in [0.25, 0.3) is 0 Å². The molecule has 0 fully saturated rings. The fourth-order valence-corrected chi connectivity index (χ4v) is 2.56. The molecule has 0 N–H and O–H groups in total. The summed E-state index contributed by atoms with van der Waals surface area (Å²) < 4.78 is 17.8. The molecule has 0 aromatic heterocycles. The molecule has 0 spiro atoms. The molecule has 4 heteroatoms. The molecular formula is C17H36O3S. The Morgan fingerprint density at radius 2 is 1.00 bits per heavy atom. The molecule has 0 aliphatic heterocycles. The minimum absolute atomic E-state index is 0.0756. The molecular weight excluding hydrogens is 284 g/mol. The third-order valence-electron chi connectivity index (χ3n) is 2.89. The summed E-state index contributed by atoms with van der Waals surface area (Å²) in [7, 11) is 0. The summed E-state index contributed by atoms with van der Waals surface area (Å²) >= 11 is 1.95. The van der Waals surface area contributed by atoms with Crippen LogP contribution in [0.2, 0.25) is 0 Å². The maximum atomic E-state index is 5.93. The van der Waals surface area contributed by atoms with Gasteiger partial charge in [-0.15, -0.1) is 0 Å². The average molecular weight is 321 g/mol. The maximum absolute atomic E-state index is 5.93. The zero-order valence-corrected chi connectivity index (χ0v) is 16.1. The average Bonchev–Trinajstić information content (AvgIpc) is 2.36. The van der Waals surface area contributed by atoms with Crippen LogP contribution in [-0.2, 0) is 14.2 Å². The molecule has 0 aliphatic carbocycles. The highest BCUT2D eigenvalue weighted by molar-refractivity contribution is 7.99. The Balaban J connectivity index is 4.85. The van der Waals surface area contributed by atoms with Crippen LogP contribution in [0.1, 0.15) is 55.4 Å². The van der Waals surface area contributed by atoms with E-state index in [1.807, 2.05) is 11.8 Å². The molecule has 0 saturated carbocycles. The van der Waals surface area contributed by atoms with Crippen LogP contribution in [0.4, 0.5) is 0 Å². The van der Waals surface area contributed by atoms with Gasteiger partial charge in [0, 0.05) is 11.2 Å². The summed E-state index contributed by atoms with van der Waals surface area (Å²) in [4.78, 5) is 0. The van der Waals surface area contributed by atoms with Gasteiger partial charge in [0.05, 0.1) is 38.1 Å². The van der Waals surface area contributed by atoms with Crippen molar-refractivity contribution < 1.29 is 14.2 Å². The number of rotatable bonds is 12. The van der Waals surface area contributed by atoms with E-state index in [1.54, 1.807) is 0 Å². The van der Waals surface area contributed by atoms with E-state index in [4.69, 9.17) is 14.2 Å². The van der Waals surface area contributed by atoms with E-state index in [9.17, 15) is 0 Å². The zero-order chi connectivity index (χ0) is 16.5. The Hall–Kier alpha value is 0.230. The van der Waals surface area contributed by atoms with E-state index in [2.05, 4.69) is 55.4 Å². The summed E-state index contributed by atoms with van der Waals surface area (Å²) in [5.41, 5.74) is -0.0756. The first-order valence-electron chi connectivity index (χ1n) is 8.13. The molecule has 0 aromatic rings. The molecule has 0 heterocycles. The molecule has 0 rings (SSSR count). The minimum Gasteiger partial charge on any atom is -0.378 e. The van der Waals surface area contributed by atoms with Gasteiger partial charge in [-0.1, -0.05) is 13.8 Å². The van der Waals surface area contributed by atoms with Crippen molar-refractivity contribution in [2.24, 2.45) is 5.41 Å².